The summed E-state index contributed by atoms with van der Waals surface area (Å²) in [5.74, 6) is 0.0877. The van der Waals surface area contributed by atoms with Crippen molar-refractivity contribution in [3.05, 3.63) is 29.0 Å². The van der Waals surface area contributed by atoms with Crippen LogP contribution in [-0.4, -0.2) is 19.1 Å². The van der Waals surface area contributed by atoms with Gasteiger partial charge in [-0.1, -0.05) is 18.5 Å². The van der Waals surface area contributed by atoms with Crippen molar-refractivity contribution >= 4 is 17.3 Å². The second-order valence-electron chi connectivity index (χ2n) is 4.47. The number of anilines is 1. The molecule has 1 aliphatic heterocycles. The Morgan fingerprint density at radius 3 is 2.88 bits per heavy atom. The van der Waals surface area contributed by atoms with E-state index < -0.39 is 0 Å². The van der Waals surface area contributed by atoms with Crippen LogP contribution in [0.2, 0.25) is 5.02 Å². The van der Waals surface area contributed by atoms with Crippen molar-refractivity contribution in [1.82, 2.24) is 0 Å². The molecular formula is C12H16ClFN2. The number of nitrogens with two attached hydrogens (primary N) is 1. The molecule has 1 aromatic carbocycles. The summed E-state index contributed by atoms with van der Waals surface area (Å²) in [4.78, 5) is 2.21. The third-order valence-electron chi connectivity index (χ3n) is 3.24. The lowest BCUT2D eigenvalue weighted by molar-refractivity contribution is 0.383. The zero-order valence-electron chi connectivity index (χ0n) is 9.29. The van der Waals surface area contributed by atoms with E-state index in [2.05, 4.69) is 11.8 Å². The van der Waals surface area contributed by atoms with Gasteiger partial charge in [-0.2, -0.15) is 0 Å². The van der Waals surface area contributed by atoms with Crippen molar-refractivity contribution in [2.24, 2.45) is 11.7 Å². The van der Waals surface area contributed by atoms with Crippen LogP contribution < -0.4 is 10.6 Å². The third-order valence-corrected chi connectivity index (χ3v) is 3.53. The van der Waals surface area contributed by atoms with Gasteiger partial charge < -0.3 is 10.6 Å². The zero-order chi connectivity index (χ0) is 11.7. The molecule has 2 unspecified atom stereocenters. The van der Waals surface area contributed by atoms with Crippen LogP contribution in [0.3, 0.4) is 0 Å². The Labute approximate surface area is 100 Å². The maximum atomic E-state index is 13.0. The van der Waals surface area contributed by atoms with E-state index in [1.807, 2.05) is 0 Å². The summed E-state index contributed by atoms with van der Waals surface area (Å²) < 4.78 is 13.0. The molecule has 2 rings (SSSR count). The van der Waals surface area contributed by atoms with Crippen LogP contribution in [-0.2, 0) is 0 Å². The molecular weight excluding hydrogens is 227 g/mol. The highest BCUT2D eigenvalue weighted by Gasteiger charge is 2.23. The molecule has 0 amide bonds. The largest absolute Gasteiger partial charge is 0.371 e. The van der Waals surface area contributed by atoms with Crippen LogP contribution in [0.5, 0.6) is 0 Å². The van der Waals surface area contributed by atoms with E-state index in [4.69, 9.17) is 17.3 Å². The van der Waals surface area contributed by atoms with Crippen LogP contribution in [0.25, 0.3) is 0 Å². The van der Waals surface area contributed by atoms with Crippen LogP contribution in [0.15, 0.2) is 18.2 Å². The van der Waals surface area contributed by atoms with E-state index >= 15 is 0 Å². The Kier molecular flexibility index (Phi) is 3.36. The number of halogens is 2. The van der Waals surface area contributed by atoms with Crippen molar-refractivity contribution in [3.8, 4) is 0 Å². The number of rotatable bonds is 1. The van der Waals surface area contributed by atoms with Crippen molar-refractivity contribution < 1.29 is 4.39 Å². The number of hydrogen-bond acceptors (Lipinski definition) is 2. The second kappa shape index (κ2) is 4.60. The fourth-order valence-corrected chi connectivity index (χ4v) is 2.25. The molecule has 0 aromatic heterocycles. The maximum absolute atomic E-state index is 13.0. The number of hydrogen-bond donors (Lipinski definition) is 1. The summed E-state index contributed by atoms with van der Waals surface area (Å²) in [7, 11) is 0. The molecule has 2 N–H and O–H groups in total. The summed E-state index contributed by atoms with van der Waals surface area (Å²) in [6, 6.07) is 5.13. The molecule has 4 heteroatoms. The molecule has 1 saturated heterocycles. The molecule has 2 atom stereocenters. The molecule has 1 fully saturated rings. The lowest BCUT2D eigenvalue weighted by atomic mass is 9.94. The van der Waals surface area contributed by atoms with Crippen LogP contribution in [0.4, 0.5) is 10.1 Å². The van der Waals surface area contributed by atoms with Gasteiger partial charge in [-0.05, 0) is 30.5 Å². The summed E-state index contributed by atoms with van der Waals surface area (Å²) in [6.07, 6.45) is 0.968. The molecule has 1 aromatic rings. The highest BCUT2D eigenvalue weighted by molar-refractivity contribution is 6.31. The quantitative estimate of drug-likeness (QED) is 0.821. The van der Waals surface area contributed by atoms with Crippen LogP contribution >= 0.6 is 11.6 Å². The van der Waals surface area contributed by atoms with E-state index in [1.165, 1.54) is 6.07 Å². The molecule has 0 bridgehead atoms. The Bertz CT molecular complexity index is 383. The van der Waals surface area contributed by atoms with Gasteiger partial charge in [-0.15, -0.1) is 0 Å². The van der Waals surface area contributed by atoms with Crippen molar-refractivity contribution in [1.29, 1.82) is 0 Å². The van der Waals surface area contributed by atoms with Gasteiger partial charge in [0.1, 0.15) is 5.82 Å². The van der Waals surface area contributed by atoms with Crippen LogP contribution in [0, 0.1) is 11.7 Å². The molecule has 1 aliphatic rings. The Morgan fingerprint density at radius 2 is 2.25 bits per heavy atom. The van der Waals surface area contributed by atoms with Crippen molar-refractivity contribution in [3.63, 3.8) is 0 Å². The minimum atomic E-state index is -0.368. The first-order valence-corrected chi connectivity index (χ1v) is 5.91. The predicted molar refractivity (Wildman–Crippen MR) is 65.4 cm³/mol. The highest BCUT2D eigenvalue weighted by Crippen LogP contribution is 2.26. The molecule has 0 saturated carbocycles. The van der Waals surface area contributed by atoms with Gasteiger partial charge in [-0.3, -0.25) is 0 Å². The third kappa shape index (κ3) is 2.30. The highest BCUT2D eigenvalue weighted by atomic mass is 35.5. The monoisotopic (exact) mass is 242 g/mol. The van der Waals surface area contributed by atoms with Gasteiger partial charge >= 0.3 is 0 Å². The number of benzene rings is 1. The average Bonchev–Trinajstić information content (AvgIpc) is 2.26. The first-order valence-electron chi connectivity index (χ1n) is 5.53. The Morgan fingerprint density at radius 1 is 1.50 bits per heavy atom. The Hall–Kier alpha value is -0.800. The number of piperidine rings is 1. The van der Waals surface area contributed by atoms with Gasteiger partial charge in [0.25, 0.3) is 0 Å². The Balaban J connectivity index is 2.15. The SMILES string of the molecule is CC1CN(c2ccc(F)c(Cl)c2)CCC1N. The molecule has 2 nitrogen and oxygen atoms in total. The van der Waals surface area contributed by atoms with E-state index in [0.29, 0.717) is 5.92 Å². The first kappa shape index (κ1) is 11.7. The van der Waals surface area contributed by atoms with Gasteiger partial charge in [0.05, 0.1) is 5.02 Å². The van der Waals surface area contributed by atoms with Gasteiger partial charge in [-0.25, -0.2) is 4.39 Å². The first-order chi connectivity index (χ1) is 7.58. The van der Waals surface area contributed by atoms with Gasteiger partial charge in [0, 0.05) is 24.8 Å². The minimum absolute atomic E-state index is 0.181. The van der Waals surface area contributed by atoms with Crippen LogP contribution in [0.1, 0.15) is 13.3 Å². The maximum Gasteiger partial charge on any atom is 0.141 e. The summed E-state index contributed by atoms with van der Waals surface area (Å²) in [5.41, 5.74) is 6.94. The average molecular weight is 243 g/mol. The predicted octanol–water partition coefficient (Wildman–Crippen LogP) is 2.65. The molecule has 0 spiro atoms. The fourth-order valence-electron chi connectivity index (χ4n) is 2.08. The standard InChI is InChI=1S/C12H16ClFN2/c1-8-7-16(5-4-12(8)15)9-2-3-11(14)10(13)6-9/h2-3,6,8,12H,4-5,7,15H2,1H3. The number of nitrogens with zero attached hydrogens (tertiary/aromatic N) is 1. The molecule has 1 heterocycles. The minimum Gasteiger partial charge on any atom is -0.371 e. The smallest absolute Gasteiger partial charge is 0.141 e. The normalized spacial score (nSPS) is 25.9. The second-order valence-corrected chi connectivity index (χ2v) is 4.88. The van der Waals surface area contributed by atoms with Gasteiger partial charge in [0.2, 0.25) is 0 Å². The lowest BCUT2D eigenvalue weighted by Gasteiger charge is -2.36. The summed E-state index contributed by atoms with van der Waals surface area (Å²) in [6.45, 7) is 3.96. The molecule has 88 valence electrons. The van der Waals surface area contributed by atoms with Crippen molar-refractivity contribution in [2.75, 3.05) is 18.0 Å². The summed E-state index contributed by atoms with van der Waals surface area (Å²) in [5, 5.41) is 0.181. The fraction of sp³-hybridized carbons (Fsp3) is 0.500. The molecule has 0 radical (unpaired) electrons. The topological polar surface area (TPSA) is 29.3 Å². The van der Waals surface area contributed by atoms with E-state index in [-0.39, 0.29) is 16.9 Å². The zero-order valence-corrected chi connectivity index (χ0v) is 10.0. The van der Waals surface area contributed by atoms with E-state index in [9.17, 15) is 4.39 Å². The van der Waals surface area contributed by atoms with Gasteiger partial charge in [0.15, 0.2) is 0 Å². The molecule has 0 aliphatic carbocycles. The summed E-state index contributed by atoms with van der Waals surface area (Å²) >= 11 is 5.77. The lowest BCUT2D eigenvalue weighted by Crippen LogP contribution is -2.45. The molecule has 16 heavy (non-hydrogen) atoms. The van der Waals surface area contributed by atoms with Crippen molar-refractivity contribution in [2.45, 2.75) is 19.4 Å². The van der Waals surface area contributed by atoms with E-state index in [0.717, 1.165) is 25.2 Å². The van der Waals surface area contributed by atoms with E-state index in [1.54, 1.807) is 12.1 Å².